The predicted molar refractivity (Wildman–Crippen MR) is 64.8 cm³/mol. The molecule has 0 aromatic rings. The SMILES string of the molecule is CN1CC(F)C(I)NC1CCS(N)(=O)=O. The van der Waals surface area contributed by atoms with E-state index in [4.69, 9.17) is 5.14 Å². The Balaban J connectivity index is 2.48. The lowest BCUT2D eigenvalue weighted by Gasteiger charge is -2.38. The Bertz CT molecular complexity index is 313. The Morgan fingerprint density at radius 3 is 2.80 bits per heavy atom. The van der Waals surface area contributed by atoms with Gasteiger partial charge >= 0.3 is 0 Å². The lowest BCUT2D eigenvalue weighted by atomic mass is 10.2. The van der Waals surface area contributed by atoms with E-state index in [1.807, 2.05) is 22.6 Å². The molecule has 15 heavy (non-hydrogen) atoms. The molecule has 1 aliphatic heterocycles. The molecule has 0 aliphatic carbocycles. The minimum absolute atomic E-state index is 0.0880. The van der Waals surface area contributed by atoms with Crippen molar-refractivity contribution in [2.24, 2.45) is 5.14 Å². The maximum Gasteiger partial charge on any atom is 0.209 e. The van der Waals surface area contributed by atoms with E-state index < -0.39 is 16.2 Å². The summed E-state index contributed by atoms with van der Waals surface area (Å²) in [5.74, 6) is -0.0880. The van der Waals surface area contributed by atoms with Crippen molar-refractivity contribution in [3.63, 3.8) is 0 Å². The molecule has 8 heteroatoms. The maximum atomic E-state index is 13.2. The Labute approximate surface area is 103 Å². The summed E-state index contributed by atoms with van der Waals surface area (Å²) < 4.78 is 34.5. The first kappa shape index (κ1) is 13.6. The molecule has 1 rings (SSSR count). The summed E-state index contributed by atoms with van der Waals surface area (Å²) in [5.41, 5.74) is 0. The Kier molecular flexibility index (Phi) is 4.71. The summed E-state index contributed by atoms with van der Waals surface area (Å²) in [5, 5.41) is 7.92. The third kappa shape index (κ3) is 4.47. The Morgan fingerprint density at radius 2 is 2.27 bits per heavy atom. The van der Waals surface area contributed by atoms with Crippen molar-refractivity contribution < 1.29 is 12.8 Å². The van der Waals surface area contributed by atoms with Crippen LogP contribution in [0.15, 0.2) is 0 Å². The van der Waals surface area contributed by atoms with Gasteiger partial charge in [0.25, 0.3) is 0 Å². The van der Waals surface area contributed by atoms with E-state index in [-0.39, 0.29) is 16.0 Å². The van der Waals surface area contributed by atoms with E-state index in [0.717, 1.165) is 0 Å². The monoisotopic (exact) mass is 351 g/mol. The molecule has 0 radical (unpaired) electrons. The number of nitrogens with one attached hydrogen (secondary N) is 1. The van der Waals surface area contributed by atoms with Gasteiger partial charge in [-0.25, -0.2) is 17.9 Å². The minimum Gasteiger partial charge on any atom is -0.288 e. The van der Waals surface area contributed by atoms with Crippen LogP contribution in [0.1, 0.15) is 6.42 Å². The molecule has 0 spiro atoms. The molecule has 3 N–H and O–H groups in total. The number of hydrogen-bond donors (Lipinski definition) is 2. The molecule has 1 saturated heterocycles. The van der Waals surface area contributed by atoms with Crippen LogP contribution in [-0.4, -0.2) is 49.0 Å². The van der Waals surface area contributed by atoms with Crippen LogP contribution in [0.25, 0.3) is 0 Å². The second-order valence-electron chi connectivity index (χ2n) is 3.70. The van der Waals surface area contributed by atoms with Crippen LogP contribution >= 0.6 is 22.6 Å². The van der Waals surface area contributed by atoms with Crippen LogP contribution in [0.4, 0.5) is 4.39 Å². The van der Waals surface area contributed by atoms with Crippen LogP contribution in [0.3, 0.4) is 0 Å². The topological polar surface area (TPSA) is 75.4 Å². The first-order chi connectivity index (χ1) is 6.79. The van der Waals surface area contributed by atoms with Gasteiger partial charge in [-0.2, -0.15) is 0 Å². The average Bonchev–Trinajstić information content (AvgIpc) is 2.07. The van der Waals surface area contributed by atoms with Gasteiger partial charge in [0.15, 0.2) is 0 Å². The summed E-state index contributed by atoms with van der Waals surface area (Å²) >= 11 is 1.98. The van der Waals surface area contributed by atoms with E-state index in [0.29, 0.717) is 13.0 Å². The molecular weight excluding hydrogens is 336 g/mol. The second kappa shape index (κ2) is 5.21. The number of nitrogens with two attached hydrogens (primary N) is 1. The fourth-order valence-corrected chi connectivity index (χ4v) is 2.68. The quantitative estimate of drug-likeness (QED) is 0.413. The third-order valence-corrected chi connectivity index (χ3v) is 4.28. The van der Waals surface area contributed by atoms with E-state index >= 15 is 0 Å². The van der Waals surface area contributed by atoms with Gasteiger partial charge in [-0.15, -0.1) is 0 Å². The van der Waals surface area contributed by atoms with Crippen LogP contribution in [-0.2, 0) is 10.0 Å². The molecule has 1 fully saturated rings. The highest BCUT2D eigenvalue weighted by Gasteiger charge is 2.31. The number of halogens is 2. The zero-order chi connectivity index (χ0) is 11.6. The van der Waals surface area contributed by atoms with Crippen molar-refractivity contribution in [2.45, 2.75) is 22.8 Å². The largest absolute Gasteiger partial charge is 0.288 e. The normalized spacial score (nSPS) is 34.3. The van der Waals surface area contributed by atoms with E-state index in [2.05, 4.69) is 5.32 Å². The molecule has 1 aliphatic rings. The number of rotatable bonds is 3. The van der Waals surface area contributed by atoms with Crippen LogP contribution in [0, 0.1) is 0 Å². The zero-order valence-corrected chi connectivity index (χ0v) is 11.3. The molecule has 0 bridgehead atoms. The van der Waals surface area contributed by atoms with Gasteiger partial charge in [0.05, 0.1) is 16.0 Å². The fourth-order valence-electron chi connectivity index (χ4n) is 1.49. The molecule has 0 amide bonds. The smallest absolute Gasteiger partial charge is 0.209 e. The zero-order valence-electron chi connectivity index (χ0n) is 8.36. The number of primary sulfonamides is 1. The van der Waals surface area contributed by atoms with Crippen molar-refractivity contribution in [3.05, 3.63) is 0 Å². The second-order valence-corrected chi connectivity index (χ2v) is 6.77. The van der Waals surface area contributed by atoms with Crippen molar-refractivity contribution in [1.82, 2.24) is 10.2 Å². The summed E-state index contributed by atoms with van der Waals surface area (Å²) in [6.07, 6.45) is -0.680. The number of sulfonamides is 1. The van der Waals surface area contributed by atoms with Gasteiger partial charge in [-0.1, -0.05) is 22.6 Å². The van der Waals surface area contributed by atoms with Crippen LogP contribution in [0.5, 0.6) is 0 Å². The number of alkyl halides is 2. The minimum atomic E-state index is -3.44. The molecule has 90 valence electrons. The van der Waals surface area contributed by atoms with Gasteiger partial charge in [0.1, 0.15) is 6.17 Å². The van der Waals surface area contributed by atoms with Crippen molar-refractivity contribution in [3.8, 4) is 0 Å². The molecule has 1 heterocycles. The standard InChI is InChI=1S/C7H15FIN3O2S/c1-12-4-5(8)7(9)11-6(12)2-3-15(10,13)14/h5-7,11H,2-4H2,1H3,(H2,10,13,14). The highest BCUT2D eigenvalue weighted by atomic mass is 127. The van der Waals surface area contributed by atoms with Gasteiger partial charge in [0, 0.05) is 6.54 Å². The van der Waals surface area contributed by atoms with E-state index in [1.54, 1.807) is 11.9 Å². The van der Waals surface area contributed by atoms with E-state index in [9.17, 15) is 12.8 Å². The van der Waals surface area contributed by atoms with Gasteiger partial charge in [-0.05, 0) is 13.5 Å². The number of hydrogen-bond acceptors (Lipinski definition) is 4. The average molecular weight is 351 g/mol. The first-order valence-electron chi connectivity index (χ1n) is 4.54. The molecule has 5 nitrogen and oxygen atoms in total. The van der Waals surface area contributed by atoms with Crippen molar-refractivity contribution in [2.75, 3.05) is 19.3 Å². The summed E-state index contributed by atoms with van der Waals surface area (Å²) in [6, 6.07) is 0. The maximum absolute atomic E-state index is 13.2. The summed E-state index contributed by atoms with van der Waals surface area (Å²) in [7, 11) is -1.68. The van der Waals surface area contributed by atoms with Crippen molar-refractivity contribution in [1.29, 1.82) is 0 Å². The highest BCUT2D eigenvalue weighted by Crippen LogP contribution is 2.17. The highest BCUT2D eigenvalue weighted by molar-refractivity contribution is 14.1. The summed E-state index contributed by atoms with van der Waals surface area (Å²) in [4.78, 5) is 1.77. The Morgan fingerprint density at radius 1 is 1.67 bits per heavy atom. The molecule has 3 unspecified atom stereocenters. The molecule has 0 saturated carbocycles. The third-order valence-electron chi connectivity index (χ3n) is 2.34. The van der Waals surface area contributed by atoms with Gasteiger partial charge in [-0.3, -0.25) is 10.2 Å². The van der Waals surface area contributed by atoms with Crippen molar-refractivity contribution >= 4 is 32.6 Å². The van der Waals surface area contributed by atoms with Crippen LogP contribution < -0.4 is 10.5 Å². The molecule has 3 atom stereocenters. The molecule has 0 aromatic carbocycles. The van der Waals surface area contributed by atoms with E-state index in [1.165, 1.54) is 0 Å². The van der Waals surface area contributed by atoms with Gasteiger partial charge in [0.2, 0.25) is 10.0 Å². The molecule has 0 aromatic heterocycles. The fraction of sp³-hybridized carbons (Fsp3) is 1.00. The van der Waals surface area contributed by atoms with Crippen LogP contribution in [0.2, 0.25) is 0 Å². The lowest BCUT2D eigenvalue weighted by Crippen LogP contribution is -2.58. The first-order valence-corrected chi connectivity index (χ1v) is 7.50. The van der Waals surface area contributed by atoms with Gasteiger partial charge < -0.3 is 0 Å². The lowest BCUT2D eigenvalue weighted by molar-refractivity contribution is 0.0908. The predicted octanol–water partition coefficient (Wildman–Crippen LogP) is -0.375. The summed E-state index contributed by atoms with van der Waals surface area (Å²) in [6.45, 7) is 0.315. The molecular formula is C7H15FIN3O2S. The Hall–Kier alpha value is 0.490. The number of nitrogens with zero attached hydrogens (tertiary/aromatic N) is 1.